The van der Waals surface area contributed by atoms with E-state index in [1.807, 2.05) is 13.0 Å². The third kappa shape index (κ3) is 4.54. The molecule has 3 aliphatic rings. The Kier molecular flexibility index (Phi) is 6.19. The second-order valence-electron chi connectivity index (χ2n) is 10.7. The SMILES string of the molecule is Cc1cc2c(C)nc(N3CCC(N4CCC(N5CCc6ccccc6C5)CC4)CC3)nc2cc1F. The lowest BCUT2D eigenvalue weighted by molar-refractivity contribution is 0.0684. The van der Waals surface area contributed by atoms with Gasteiger partial charge in [-0.15, -0.1) is 0 Å². The Hall–Kier alpha value is -2.57. The number of aryl methyl sites for hydroxylation is 2. The first-order valence-electron chi connectivity index (χ1n) is 13.3. The molecule has 0 spiro atoms. The van der Waals surface area contributed by atoms with Crippen LogP contribution < -0.4 is 4.90 Å². The van der Waals surface area contributed by atoms with Gasteiger partial charge in [0.25, 0.3) is 0 Å². The van der Waals surface area contributed by atoms with Crippen LogP contribution in [0.1, 0.15) is 48.1 Å². The Labute approximate surface area is 208 Å². The Morgan fingerprint density at radius 3 is 2.26 bits per heavy atom. The van der Waals surface area contributed by atoms with Crippen LogP contribution in [0, 0.1) is 19.7 Å². The Morgan fingerprint density at radius 1 is 0.800 bits per heavy atom. The van der Waals surface area contributed by atoms with Gasteiger partial charge < -0.3 is 9.80 Å². The number of anilines is 1. The molecule has 0 radical (unpaired) electrons. The van der Waals surface area contributed by atoms with E-state index in [1.54, 1.807) is 18.6 Å². The fourth-order valence-corrected chi connectivity index (χ4v) is 6.41. The summed E-state index contributed by atoms with van der Waals surface area (Å²) in [4.78, 5) is 17.3. The summed E-state index contributed by atoms with van der Waals surface area (Å²) < 4.78 is 14.1. The number of fused-ring (bicyclic) bond motifs is 2. The molecule has 0 atom stereocenters. The molecule has 0 unspecified atom stereocenters. The highest BCUT2D eigenvalue weighted by Gasteiger charge is 2.32. The lowest BCUT2D eigenvalue weighted by Crippen LogP contribution is -2.52. The number of rotatable bonds is 3. The van der Waals surface area contributed by atoms with E-state index >= 15 is 0 Å². The van der Waals surface area contributed by atoms with E-state index in [0.29, 0.717) is 17.1 Å². The van der Waals surface area contributed by atoms with E-state index in [9.17, 15) is 4.39 Å². The van der Waals surface area contributed by atoms with Crippen LogP contribution in [0.2, 0.25) is 0 Å². The minimum atomic E-state index is -0.197. The van der Waals surface area contributed by atoms with Gasteiger partial charge in [-0.25, -0.2) is 14.4 Å². The predicted molar refractivity (Wildman–Crippen MR) is 139 cm³/mol. The molecule has 0 amide bonds. The Balaban J connectivity index is 1.04. The molecule has 6 rings (SSSR count). The molecule has 2 fully saturated rings. The van der Waals surface area contributed by atoms with E-state index in [2.05, 4.69) is 39.0 Å². The highest BCUT2D eigenvalue weighted by Crippen LogP contribution is 2.29. The smallest absolute Gasteiger partial charge is 0.226 e. The first-order valence-corrected chi connectivity index (χ1v) is 13.3. The molecule has 184 valence electrons. The monoisotopic (exact) mass is 473 g/mol. The second-order valence-corrected chi connectivity index (χ2v) is 10.7. The van der Waals surface area contributed by atoms with Crippen molar-refractivity contribution in [2.24, 2.45) is 0 Å². The number of hydrogen-bond donors (Lipinski definition) is 0. The summed E-state index contributed by atoms with van der Waals surface area (Å²) in [5, 5.41) is 0.947. The number of piperidine rings is 2. The fourth-order valence-electron chi connectivity index (χ4n) is 6.41. The molecule has 0 N–H and O–H groups in total. The first kappa shape index (κ1) is 22.9. The van der Waals surface area contributed by atoms with Crippen LogP contribution in [-0.4, -0.2) is 64.6 Å². The molecule has 4 heterocycles. The summed E-state index contributed by atoms with van der Waals surface area (Å²) in [5.74, 6) is 0.554. The molecular formula is C29H36FN5. The maximum Gasteiger partial charge on any atom is 0.226 e. The number of halogens is 1. The summed E-state index contributed by atoms with van der Waals surface area (Å²) >= 11 is 0. The van der Waals surface area contributed by atoms with Crippen molar-refractivity contribution < 1.29 is 4.39 Å². The van der Waals surface area contributed by atoms with Crippen molar-refractivity contribution in [2.75, 3.05) is 37.6 Å². The van der Waals surface area contributed by atoms with Crippen LogP contribution in [0.4, 0.5) is 10.3 Å². The largest absolute Gasteiger partial charge is 0.341 e. The molecule has 2 saturated heterocycles. The van der Waals surface area contributed by atoms with E-state index in [0.717, 1.165) is 55.5 Å². The number of likely N-dealkylation sites (tertiary alicyclic amines) is 1. The lowest BCUT2D eigenvalue weighted by Gasteiger charge is -2.45. The van der Waals surface area contributed by atoms with E-state index in [4.69, 9.17) is 9.97 Å². The van der Waals surface area contributed by atoms with Gasteiger partial charge in [0, 0.05) is 49.7 Å². The van der Waals surface area contributed by atoms with Crippen molar-refractivity contribution in [1.82, 2.24) is 19.8 Å². The quantitative estimate of drug-likeness (QED) is 0.542. The standard InChI is InChI=1S/C29H36FN5/c1-20-17-26-21(2)31-29(32-28(26)18-27(20)30)34-15-10-24(11-16-34)33-13-8-25(9-14-33)35-12-7-22-5-3-4-6-23(22)19-35/h3-6,17-18,24-25H,7-16,19H2,1-2H3. The average molecular weight is 474 g/mol. The molecule has 2 aromatic carbocycles. The zero-order valence-electron chi connectivity index (χ0n) is 21.0. The molecule has 1 aromatic heterocycles. The van der Waals surface area contributed by atoms with Crippen LogP contribution in [-0.2, 0) is 13.0 Å². The number of aromatic nitrogens is 2. The van der Waals surface area contributed by atoms with E-state index in [-0.39, 0.29) is 5.82 Å². The molecule has 35 heavy (non-hydrogen) atoms. The summed E-state index contributed by atoms with van der Waals surface area (Å²) in [6.45, 7) is 10.5. The van der Waals surface area contributed by atoms with Crippen molar-refractivity contribution in [2.45, 2.75) is 64.6 Å². The van der Waals surface area contributed by atoms with Gasteiger partial charge in [0.2, 0.25) is 5.95 Å². The highest BCUT2D eigenvalue weighted by atomic mass is 19.1. The molecule has 0 aliphatic carbocycles. The maximum absolute atomic E-state index is 14.1. The van der Waals surface area contributed by atoms with Gasteiger partial charge in [-0.05, 0) is 81.8 Å². The van der Waals surface area contributed by atoms with Gasteiger partial charge in [0.1, 0.15) is 5.82 Å². The first-order chi connectivity index (χ1) is 17.0. The van der Waals surface area contributed by atoms with Gasteiger partial charge in [0.15, 0.2) is 0 Å². The number of hydrogen-bond acceptors (Lipinski definition) is 5. The summed E-state index contributed by atoms with van der Waals surface area (Å²) in [7, 11) is 0. The van der Waals surface area contributed by atoms with E-state index < -0.39 is 0 Å². The van der Waals surface area contributed by atoms with Gasteiger partial charge >= 0.3 is 0 Å². The van der Waals surface area contributed by atoms with E-state index in [1.165, 1.54) is 44.5 Å². The lowest BCUT2D eigenvalue weighted by atomic mass is 9.94. The highest BCUT2D eigenvalue weighted by molar-refractivity contribution is 5.82. The van der Waals surface area contributed by atoms with Crippen LogP contribution in [0.3, 0.4) is 0 Å². The van der Waals surface area contributed by atoms with Crippen LogP contribution in [0.15, 0.2) is 36.4 Å². The molecule has 3 aliphatic heterocycles. The third-order valence-corrected chi connectivity index (χ3v) is 8.59. The summed E-state index contributed by atoms with van der Waals surface area (Å²) in [6.07, 6.45) is 6.03. The topological polar surface area (TPSA) is 35.5 Å². The number of benzene rings is 2. The molecule has 0 bridgehead atoms. The fraction of sp³-hybridized carbons (Fsp3) is 0.517. The molecule has 6 heteroatoms. The molecular weight excluding hydrogens is 437 g/mol. The average Bonchev–Trinajstić information content (AvgIpc) is 2.90. The van der Waals surface area contributed by atoms with Crippen LogP contribution in [0.5, 0.6) is 0 Å². The molecule has 3 aromatic rings. The van der Waals surface area contributed by atoms with Crippen LogP contribution in [0.25, 0.3) is 10.9 Å². The second kappa shape index (κ2) is 9.47. The van der Waals surface area contributed by atoms with Crippen molar-refractivity contribution in [3.8, 4) is 0 Å². The van der Waals surface area contributed by atoms with Gasteiger partial charge in [-0.1, -0.05) is 24.3 Å². The summed E-state index contributed by atoms with van der Waals surface area (Å²) in [5.41, 5.74) is 5.35. The van der Waals surface area contributed by atoms with Gasteiger partial charge in [-0.2, -0.15) is 0 Å². The van der Waals surface area contributed by atoms with Crippen molar-refractivity contribution in [3.05, 3.63) is 64.6 Å². The van der Waals surface area contributed by atoms with Crippen molar-refractivity contribution >= 4 is 16.9 Å². The third-order valence-electron chi connectivity index (χ3n) is 8.59. The van der Waals surface area contributed by atoms with Gasteiger partial charge in [-0.3, -0.25) is 4.90 Å². The molecule has 0 saturated carbocycles. The maximum atomic E-state index is 14.1. The Morgan fingerprint density at radius 2 is 1.49 bits per heavy atom. The summed E-state index contributed by atoms with van der Waals surface area (Å²) in [6, 6.07) is 13.7. The minimum absolute atomic E-state index is 0.197. The van der Waals surface area contributed by atoms with Crippen molar-refractivity contribution in [3.63, 3.8) is 0 Å². The minimum Gasteiger partial charge on any atom is -0.341 e. The Bertz CT molecular complexity index is 1210. The predicted octanol–water partition coefficient (Wildman–Crippen LogP) is 4.88. The van der Waals surface area contributed by atoms with Crippen molar-refractivity contribution in [1.29, 1.82) is 0 Å². The normalized spacial score (nSPS) is 20.9. The number of nitrogens with zero attached hydrogens (tertiary/aromatic N) is 5. The van der Waals surface area contributed by atoms with Gasteiger partial charge in [0.05, 0.1) is 11.2 Å². The van der Waals surface area contributed by atoms with Crippen LogP contribution >= 0.6 is 0 Å². The molecule has 5 nitrogen and oxygen atoms in total. The zero-order valence-corrected chi connectivity index (χ0v) is 21.0. The zero-order chi connectivity index (χ0) is 23.9.